The molecule has 1 aromatic carbocycles. The van der Waals surface area contributed by atoms with Gasteiger partial charge in [-0.1, -0.05) is 6.92 Å². The van der Waals surface area contributed by atoms with Gasteiger partial charge in [0, 0.05) is 23.1 Å². The SMILES string of the molecule is COC(=O)c1cc2cc(NC(=O)N3CCC(C)C3CO)ccc2[nH]1. The van der Waals surface area contributed by atoms with Crippen LogP contribution in [0.2, 0.25) is 0 Å². The molecule has 1 fully saturated rings. The predicted octanol–water partition coefficient (Wildman–Crippen LogP) is 2.19. The molecule has 0 bridgehead atoms. The molecular formula is C17H21N3O4. The number of likely N-dealkylation sites (tertiary alicyclic amines) is 1. The third-order valence-electron chi connectivity index (χ3n) is 4.61. The van der Waals surface area contributed by atoms with Crippen LogP contribution in [0.1, 0.15) is 23.8 Å². The molecule has 0 spiro atoms. The number of H-pyrrole nitrogens is 1. The van der Waals surface area contributed by atoms with Crippen LogP contribution >= 0.6 is 0 Å². The molecule has 2 unspecified atom stereocenters. The highest BCUT2D eigenvalue weighted by molar-refractivity contribution is 5.97. The van der Waals surface area contributed by atoms with Gasteiger partial charge < -0.3 is 25.0 Å². The second kappa shape index (κ2) is 6.52. The molecule has 0 aliphatic carbocycles. The van der Waals surface area contributed by atoms with Crippen molar-refractivity contribution in [3.8, 4) is 0 Å². The molecule has 0 saturated carbocycles. The summed E-state index contributed by atoms with van der Waals surface area (Å²) < 4.78 is 4.69. The molecule has 2 atom stereocenters. The van der Waals surface area contributed by atoms with E-state index in [-0.39, 0.29) is 24.6 Å². The highest BCUT2D eigenvalue weighted by atomic mass is 16.5. The Balaban J connectivity index is 1.77. The first-order chi connectivity index (χ1) is 11.5. The lowest BCUT2D eigenvalue weighted by atomic mass is 10.0. The van der Waals surface area contributed by atoms with Gasteiger partial charge in [-0.2, -0.15) is 0 Å². The predicted molar refractivity (Wildman–Crippen MR) is 90.0 cm³/mol. The molecule has 7 heteroatoms. The summed E-state index contributed by atoms with van der Waals surface area (Å²) in [5.41, 5.74) is 1.79. The molecule has 1 aliphatic heterocycles. The Labute approximate surface area is 139 Å². The van der Waals surface area contributed by atoms with Gasteiger partial charge >= 0.3 is 12.0 Å². The van der Waals surface area contributed by atoms with E-state index in [1.165, 1.54) is 7.11 Å². The van der Waals surface area contributed by atoms with Gasteiger partial charge in [-0.15, -0.1) is 0 Å². The number of ether oxygens (including phenoxy) is 1. The third-order valence-corrected chi connectivity index (χ3v) is 4.61. The largest absolute Gasteiger partial charge is 0.464 e. The van der Waals surface area contributed by atoms with Crippen LogP contribution in [-0.2, 0) is 4.74 Å². The zero-order chi connectivity index (χ0) is 17.3. The Kier molecular flexibility index (Phi) is 4.44. The maximum atomic E-state index is 12.4. The average Bonchev–Trinajstić information content (AvgIpc) is 3.16. The number of nitrogens with one attached hydrogen (secondary N) is 2. The van der Waals surface area contributed by atoms with Crippen molar-refractivity contribution in [3.63, 3.8) is 0 Å². The molecule has 7 nitrogen and oxygen atoms in total. The second-order valence-electron chi connectivity index (χ2n) is 6.12. The van der Waals surface area contributed by atoms with Gasteiger partial charge in [0.15, 0.2) is 0 Å². The molecule has 1 saturated heterocycles. The number of aromatic amines is 1. The van der Waals surface area contributed by atoms with Crippen molar-refractivity contribution in [2.24, 2.45) is 5.92 Å². The van der Waals surface area contributed by atoms with E-state index in [4.69, 9.17) is 4.74 Å². The Morgan fingerprint density at radius 1 is 1.42 bits per heavy atom. The lowest BCUT2D eigenvalue weighted by molar-refractivity contribution is 0.0595. The van der Waals surface area contributed by atoms with Crippen LogP contribution in [0.25, 0.3) is 10.9 Å². The number of amides is 2. The van der Waals surface area contributed by atoms with Gasteiger partial charge in [-0.25, -0.2) is 9.59 Å². The van der Waals surface area contributed by atoms with E-state index >= 15 is 0 Å². The summed E-state index contributed by atoms with van der Waals surface area (Å²) in [6.45, 7) is 2.64. The number of methoxy groups -OCH3 is 1. The molecule has 1 aliphatic rings. The number of carbonyl (C=O) groups is 2. The first-order valence-corrected chi connectivity index (χ1v) is 7.93. The number of aliphatic hydroxyl groups excluding tert-OH is 1. The first-order valence-electron chi connectivity index (χ1n) is 7.93. The summed E-state index contributed by atoms with van der Waals surface area (Å²) in [7, 11) is 1.33. The van der Waals surface area contributed by atoms with Crippen molar-refractivity contribution in [3.05, 3.63) is 30.0 Å². The van der Waals surface area contributed by atoms with Crippen LogP contribution in [0.15, 0.2) is 24.3 Å². The highest BCUT2D eigenvalue weighted by Crippen LogP contribution is 2.25. The van der Waals surface area contributed by atoms with E-state index in [0.717, 1.165) is 17.3 Å². The number of hydrogen-bond donors (Lipinski definition) is 3. The first kappa shape index (κ1) is 16.3. The van der Waals surface area contributed by atoms with E-state index in [1.807, 2.05) is 6.92 Å². The molecule has 3 N–H and O–H groups in total. The Morgan fingerprint density at radius 3 is 2.92 bits per heavy atom. The molecule has 3 rings (SSSR count). The fourth-order valence-electron chi connectivity index (χ4n) is 3.16. The van der Waals surface area contributed by atoms with Crippen molar-refractivity contribution in [2.75, 3.05) is 25.6 Å². The summed E-state index contributed by atoms with van der Waals surface area (Å²) in [6.07, 6.45) is 0.887. The monoisotopic (exact) mass is 331 g/mol. The van der Waals surface area contributed by atoms with Crippen LogP contribution in [0.5, 0.6) is 0 Å². The van der Waals surface area contributed by atoms with Gasteiger partial charge in [0.05, 0.1) is 19.8 Å². The van der Waals surface area contributed by atoms with E-state index in [2.05, 4.69) is 10.3 Å². The average molecular weight is 331 g/mol. The Morgan fingerprint density at radius 2 is 2.21 bits per heavy atom. The van der Waals surface area contributed by atoms with Crippen LogP contribution < -0.4 is 5.32 Å². The number of carbonyl (C=O) groups excluding carboxylic acids is 2. The molecule has 2 aromatic rings. The van der Waals surface area contributed by atoms with Crippen molar-refractivity contribution < 1.29 is 19.4 Å². The normalized spacial score (nSPS) is 20.4. The number of fused-ring (bicyclic) bond motifs is 1. The van der Waals surface area contributed by atoms with Crippen LogP contribution in [-0.4, -0.2) is 53.3 Å². The van der Waals surface area contributed by atoms with Gasteiger partial charge in [-0.3, -0.25) is 0 Å². The highest BCUT2D eigenvalue weighted by Gasteiger charge is 2.33. The van der Waals surface area contributed by atoms with Crippen LogP contribution in [0, 0.1) is 5.92 Å². The number of anilines is 1. The summed E-state index contributed by atoms with van der Waals surface area (Å²) in [4.78, 5) is 28.7. The number of hydrogen-bond acceptors (Lipinski definition) is 4. The van der Waals surface area contributed by atoms with E-state index < -0.39 is 5.97 Å². The molecule has 0 radical (unpaired) electrons. The third kappa shape index (κ3) is 2.94. The fourth-order valence-corrected chi connectivity index (χ4v) is 3.16. The number of urea groups is 1. The minimum atomic E-state index is -0.436. The lowest BCUT2D eigenvalue weighted by Crippen LogP contribution is -2.42. The number of aromatic nitrogens is 1. The molecule has 1 aromatic heterocycles. The number of esters is 1. The quantitative estimate of drug-likeness (QED) is 0.751. The van der Waals surface area contributed by atoms with Crippen molar-refractivity contribution >= 4 is 28.6 Å². The summed E-state index contributed by atoms with van der Waals surface area (Å²) >= 11 is 0. The standard InChI is InChI=1S/C17H21N3O4/c1-10-5-6-20(15(10)9-21)17(23)18-12-3-4-13-11(7-12)8-14(19-13)16(22)24-2/h3-4,7-8,10,15,19,21H,5-6,9H2,1-2H3,(H,18,23). The fraction of sp³-hybridized carbons (Fsp3) is 0.412. The van der Waals surface area contributed by atoms with Gasteiger partial charge in [0.1, 0.15) is 5.69 Å². The second-order valence-corrected chi connectivity index (χ2v) is 6.12. The summed E-state index contributed by atoms with van der Waals surface area (Å²) in [5.74, 6) is -0.149. The molecule has 2 heterocycles. The van der Waals surface area contributed by atoms with Crippen LogP contribution in [0.4, 0.5) is 10.5 Å². The van der Waals surface area contributed by atoms with Gasteiger partial charge in [0.25, 0.3) is 0 Å². The van der Waals surface area contributed by atoms with E-state index in [1.54, 1.807) is 29.2 Å². The number of rotatable bonds is 3. The molecule has 128 valence electrons. The molecule has 24 heavy (non-hydrogen) atoms. The Bertz CT molecular complexity index is 770. The summed E-state index contributed by atoms with van der Waals surface area (Å²) in [6, 6.07) is 6.68. The smallest absolute Gasteiger partial charge is 0.354 e. The van der Waals surface area contributed by atoms with Crippen molar-refractivity contribution in [1.82, 2.24) is 9.88 Å². The molecular weight excluding hydrogens is 310 g/mol. The maximum absolute atomic E-state index is 12.4. The number of benzene rings is 1. The Hall–Kier alpha value is -2.54. The zero-order valence-electron chi connectivity index (χ0n) is 13.7. The summed E-state index contributed by atoms with van der Waals surface area (Å²) in [5, 5.41) is 13.1. The molecule has 2 amide bonds. The minimum Gasteiger partial charge on any atom is -0.464 e. The number of aliphatic hydroxyl groups is 1. The zero-order valence-corrected chi connectivity index (χ0v) is 13.7. The van der Waals surface area contributed by atoms with Gasteiger partial charge in [-0.05, 0) is 36.6 Å². The lowest BCUT2D eigenvalue weighted by Gasteiger charge is -2.25. The van der Waals surface area contributed by atoms with Crippen molar-refractivity contribution in [1.29, 1.82) is 0 Å². The van der Waals surface area contributed by atoms with E-state index in [0.29, 0.717) is 17.9 Å². The van der Waals surface area contributed by atoms with Gasteiger partial charge in [0.2, 0.25) is 0 Å². The van der Waals surface area contributed by atoms with Crippen molar-refractivity contribution in [2.45, 2.75) is 19.4 Å². The number of nitrogens with zero attached hydrogens (tertiary/aromatic N) is 1. The topological polar surface area (TPSA) is 94.7 Å². The van der Waals surface area contributed by atoms with E-state index in [9.17, 15) is 14.7 Å². The van der Waals surface area contributed by atoms with Crippen LogP contribution in [0.3, 0.4) is 0 Å². The maximum Gasteiger partial charge on any atom is 0.354 e. The minimum absolute atomic E-state index is 0.0338.